The lowest BCUT2D eigenvalue weighted by Crippen LogP contribution is -2.43. The molecule has 0 spiro atoms. The van der Waals surface area contributed by atoms with Crippen LogP contribution in [0.3, 0.4) is 0 Å². The summed E-state index contributed by atoms with van der Waals surface area (Å²) in [6.07, 6.45) is 1.25. The lowest BCUT2D eigenvalue weighted by molar-refractivity contribution is -0.274. The predicted octanol–water partition coefficient (Wildman–Crippen LogP) is 3.85. The van der Waals surface area contributed by atoms with Crippen molar-refractivity contribution in [3.8, 4) is 5.75 Å². The number of benzene rings is 1. The second-order valence-electron chi connectivity index (χ2n) is 9.16. The first-order chi connectivity index (χ1) is 18.5. The van der Waals surface area contributed by atoms with Gasteiger partial charge in [0.2, 0.25) is 5.91 Å². The lowest BCUT2D eigenvalue weighted by Gasteiger charge is -2.27. The van der Waals surface area contributed by atoms with E-state index in [-0.39, 0.29) is 24.5 Å². The number of amides is 4. The summed E-state index contributed by atoms with van der Waals surface area (Å²) in [5.74, 6) is -1.94. The maximum atomic E-state index is 13.4. The van der Waals surface area contributed by atoms with Crippen LogP contribution in [0.2, 0.25) is 0 Å². The number of imide groups is 1. The van der Waals surface area contributed by atoms with E-state index in [0.29, 0.717) is 6.54 Å². The van der Waals surface area contributed by atoms with Gasteiger partial charge in [-0.25, -0.2) is 9.69 Å². The molecule has 1 aromatic carbocycles. The van der Waals surface area contributed by atoms with E-state index in [9.17, 15) is 27.6 Å². The Morgan fingerprint density at radius 1 is 0.974 bits per heavy atom. The molecule has 0 unspecified atom stereocenters. The first-order valence-electron chi connectivity index (χ1n) is 11.8. The van der Waals surface area contributed by atoms with Gasteiger partial charge in [0.15, 0.2) is 5.75 Å². The molecule has 4 amide bonds. The minimum Gasteiger partial charge on any atom is -0.404 e. The molecule has 4 rings (SSSR count). The number of pyridine rings is 2. The second kappa shape index (κ2) is 11.1. The topological polar surface area (TPSA) is 117 Å². The van der Waals surface area contributed by atoms with Gasteiger partial charge in [0.1, 0.15) is 5.54 Å². The van der Waals surface area contributed by atoms with Crippen LogP contribution >= 0.6 is 0 Å². The van der Waals surface area contributed by atoms with Crippen molar-refractivity contribution in [2.75, 3.05) is 16.8 Å². The molecule has 204 valence electrons. The fourth-order valence-corrected chi connectivity index (χ4v) is 3.98. The molecule has 1 aliphatic rings. The second-order valence-corrected chi connectivity index (χ2v) is 9.16. The average molecular weight is 543 g/mol. The summed E-state index contributed by atoms with van der Waals surface area (Å²) in [7, 11) is 0. The molecule has 3 aromatic rings. The highest BCUT2D eigenvalue weighted by atomic mass is 19.4. The van der Waals surface area contributed by atoms with Crippen LogP contribution in [0.25, 0.3) is 0 Å². The highest BCUT2D eigenvalue weighted by molar-refractivity contribution is 6.23. The molecule has 2 aromatic heterocycles. The summed E-state index contributed by atoms with van der Waals surface area (Å²) in [6.45, 7) is 3.35. The number of carbonyl (C=O) groups excluding carboxylic acids is 3. The van der Waals surface area contributed by atoms with Gasteiger partial charge in [0, 0.05) is 37.9 Å². The third-order valence-corrected chi connectivity index (χ3v) is 6.00. The smallest absolute Gasteiger partial charge is 0.404 e. The number of nitrogens with zero attached hydrogens (tertiary/aromatic N) is 4. The van der Waals surface area contributed by atoms with Crippen LogP contribution in [0.5, 0.6) is 5.75 Å². The number of aromatic nitrogens is 2. The number of urea groups is 1. The number of hydrogen-bond donors (Lipinski definition) is 2. The zero-order chi connectivity index (χ0) is 28.2. The van der Waals surface area contributed by atoms with Crippen molar-refractivity contribution in [1.29, 1.82) is 0 Å². The molecule has 1 fully saturated rings. The molecule has 0 bridgehead atoms. The molecule has 1 aliphatic heterocycles. The van der Waals surface area contributed by atoms with Crippen LogP contribution in [0.1, 0.15) is 25.0 Å². The minimum absolute atomic E-state index is 0.0233. The number of nitrogens with one attached hydrogen (secondary N) is 2. The van der Waals surface area contributed by atoms with Crippen LogP contribution in [0.15, 0.2) is 67.3 Å². The van der Waals surface area contributed by atoms with Crippen LogP contribution in [-0.4, -0.2) is 51.2 Å². The van der Waals surface area contributed by atoms with Crippen LogP contribution in [0.4, 0.5) is 29.3 Å². The van der Waals surface area contributed by atoms with Gasteiger partial charge in [-0.2, -0.15) is 0 Å². The Morgan fingerprint density at radius 2 is 1.59 bits per heavy atom. The Kier molecular flexibility index (Phi) is 7.81. The number of rotatable bonds is 9. The average Bonchev–Trinajstić information content (AvgIpc) is 3.05. The highest BCUT2D eigenvalue weighted by Crippen LogP contribution is 2.38. The Labute approximate surface area is 221 Å². The normalized spacial score (nSPS) is 15.0. The number of alkyl halides is 3. The standard InChI is InChI=1S/C26H25F3N6O4/c1-25(2)23(37)35(24(38)34(25)16-18-7-11-31-12-8-18)19-3-4-21(39-26(27,28)29)20(13-19)33-22(36)15-32-14-17-5-9-30-10-6-17/h3-13,32H,14-16H2,1-2H3,(H,33,36). The molecular formula is C26H25F3N6O4. The summed E-state index contributed by atoms with van der Waals surface area (Å²) in [5, 5.41) is 5.26. The van der Waals surface area contributed by atoms with Gasteiger partial charge in [-0.15, -0.1) is 13.2 Å². The van der Waals surface area contributed by atoms with Gasteiger partial charge in [0.05, 0.1) is 17.9 Å². The number of halogens is 3. The predicted molar refractivity (Wildman–Crippen MR) is 134 cm³/mol. The van der Waals surface area contributed by atoms with Crippen molar-refractivity contribution < 1.29 is 32.3 Å². The van der Waals surface area contributed by atoms with Crippen molar-refractivity contribution in [2.45, 2.75) is 38.8 Å². The summed E-state index contributed by atoms with van der Waals surface area (Å²) >= 11 is 0. The van der Waals surface area contributed by atoms with E-state index in [1.54, 1.807) is 62.9 Å². The molecular weight excluding hydrogens is 517 g/mol. The summed E-state index contributed by atoms with van der Waals surface area (Å²) in [6, 6.07) is 9.43. The van der Waals surface area contributed by atoms with Crippen LogP contribution < -0.4 is 20.3 Å². The van der Waals surface area contributed by atoms with Crippen LogP contribution in [0, 0.1) is 0 Å². The number of ether oxygens (including phenoxy) is 1. The quantitative estimate of drug-likeness (QED) is 0.395. The number of anilines is 2. The lowest BCUT2D eigenvalue weighted by atomic mass is 10.0. The molecule has 1 saturated heterocycles. The number of carbonyl (C=O) groups is 3. The molecule has 0 atom stereocenters. The van der Waals surface area contributed by atoms with Crippen molar-refractivity contribution in [3.05, 3.63) is 78.4 Å². The SMILES string of the molecule is CC1(C)C(=O)N(c2ccc(OC(F)(F)F)c(NC(=O)CNCc3ccncc3)c2)C(=O)N1Cc1ccncc1. The molecule has 3 heterocycles. The monoisotopic (exact) mass is 542 g/mol. The van der Waals surface area contributed by atoms with E-state index >= 15 is 0 Å². The van der Waals surface area contributed by atoms with Gasteiger partial charge in [-0.3, -0.25) is 19.6 Å². The van der Waals surface area contributed by atoms with Crippen molar-refractivity contribution in [2.24, 2.45) is 0 Å². The van der Waals surface area contributed by atoms with Gasteiger partial charge in [-0.05, 0) is 67.4 Å². The highest BCUT2D eigenvalue weighted by Gasteiger charge is 2.52. The van der Waals surface area contributed by atoms with E-state index < -0.39 is 35.5 Å². The maximum absolute atomic E-state index is 13.4. The third-order valence-electron chi connectivity index (χ3n) is 6.00. The molecule has 0 radical (unpaired) electrons. The molecule has 13 heteroatoms. The third kappa shape index (κ3) is 6.49. The zero-order valence-electron chi connectivity index (χ0n) is 21.0. The first kappa shape index (κ1) is 27.5. The Hall–Kier alpha value is -4.52. The minimum atomic E-state index is -5.04. The summed E-state index contributed by atoms with van der Waals surface area (Å²) in [5.41, 5.74) is -0.0357. The van der Waals surface area contributed by atoms with Crippen molar-refractivity contribution in [3.63, 3.8) is 0 Å². The molecule has 0 saturated carbocycles. The van der Waals surface area contributed by atoms with E-state index in [4.69, 9.17) is 0 Å². The maximum Gasteiger partial charge on any atom is 0.573 e. The Balaban J connectivity index is 1.56. The van der Waals surface area contributed by atoms with E-state index in [1.165, 1.54) is 4.90 Å². The fraction of sp³-hybridized carbons (Fsp3) is 0.269. The summed E-state index contributed by atoms with van der Waals surface area (Å²) < 4.78 is 43.2. The van der Waals surface area contributed by atoms with Crippen molar-refractivity contribution in [1.82, 2.24) is 20.2 Å². The van der Waals surface area contributed by atoms with Gasteiger partial charge < -0.3 is 20.3 Å². The zero-order valence-corrected chi connectivity index (χ0v) is 21.0. The molecule has 10 nitrogen and oxygen atoms in total. The van der Waals surface area contributed by atoms with Gasteiger partial charge in [0.25, 0.3) is 5.91 Å². The molecule has 39 heavy (non-hydrogen) atoms. The summed E-state index contributed by atoms with van der Waals surface area (Å²) in [4.78, 5) is 49.3. The number of hydrogen-bond acceptors (Lipinski definition) is 7. The Morgan fingerprint density at radius 3 is 2.21 bits per heavy atom. The van der Waals surface area contributed by atoms with Crippen LogP contribution in [-0.2, 0) is 22.7 Å². The molecule has 0 aliphatic carbocycles. The van der Waals surface area contributed by atoms with Gasteiger partial charge >= 0.3 is 12.4 Å². The largest absolute Gasteiger partial charge is 0.573 e. The van der Waals surface area contributed by atoms with E-state index in [2.05, 4.69) is 25.3 Å². The van der Waals surface area contributed by atoms with Gasteiger partial charge in [-0.1, -0.05) is 0 Å². The van der Waals surface area contributed by atoms with Crippen molar-refractivity contribution >= 4 is 29.2 Å². The molecule has 2 N–H and O–H groups in total. The first-order valence-corrected chi connectivity index (χ1v) is 11.8. The van der Waals surface area contributed by atoms with E-state index in [1.807, 2.05) is 0 Å². The fourth-order valence-electron chi connectivity index (χ4n) is 3.98. The van der Waals surface area contributed by atoms with E-state index in [0.717, 1.165) is 34.2 Å². The Bertz CT molecular complexity index is 1350.